The van der Waals surface area contributed by atoms with Crippen LogP contribution in [0.3, 0.4) is 0 Å². The molecule has 1 atom stereocenters. The summed E-state index contributed by atoms with van der Waals surface area (Å²) in [6.45, 7) is -0.550. The summed E-state index contributed by atoms with van der Waals surface area (Å²) >= 11 is 0. The van der Waals surface area contributed by atoms with Crippen LogP contribution in [0.4, 0.5) is 10.1 Å². The van der Waals surface area contributed by atoms with Gasteiger partial charge in [0.25, 0.3) is 5.91 Å². The molecule has 7 nitrogen and oxygen atoms in total. The van der Waals surface area contributed by atoms with Gasteiger partial charge in [0.15, 0.2) is 5.82 Å². The molecule has 120 valence electrons. The number of nitrogens with zero attached hydrogens (tertiary/aromatic N) is 1. The normalized spacial score (nSPS) is 23.8. The summed E-state index contributed by atoms with van der Waals surface area (Å²) in [5.74, 6) is -2.06. The lowest BCUT2D eigenvalue weighted by molar-refractivity contribution is -0.117. The van der Waals surface area contributed by atoms with Crippen LogP contribution in [0.5, 0.6) is 5.75 Å². The zero-order valence-electron chi connectivity index (χ0n) is 11.7. The van der Waals surface area contributed by atoms with Crippen molar-refractivity contribution in [2.45, 2.75) is 31.7 Å². The largest absolute Gasteiger partial charge is 0.506 e. The van der Waals surface area contributed by atoms with Crippen molar-refractivity contribution in [3.05, 3.63) is 23.0 Å². The van der Waals surface area contributed by atoms with E-state index < -0.39 is 39.9 Å². The maximum absolute atomic E-state index is 14.8. The number of benzene rings is 1. The summed E-state index contributed by atoms with van der Waals surface area (Å²) in [6.07, 6.45) is 2.14. The number of phenols is 1. The molecule has 1 aliphatic heterocycles. The molecule has 2 aliphatic rings. The number of hydrogen-bond donors (Lipinski definition) is 3. The fourth-order valence-electron chi connectivity index (χ4n) is 2.91. The van der Waals surface area contributed by atoms with Gasteiger partial charge in [0.2, 0.25) is 0 Å². The van der Waals surface area contributed by atoms with Gasteiger partial charge in [0, 0.05) is 6.04 Å². The van der Waals surface area contributed by atoms with Crippen LogP contribution >= 0.6 is 0 Å². The van der Waals surface area contributed by atoms with Crippen LogP contribution in [0.15, 0.2) is 6.07 Å². The van der Waals surface area contributed by atoms with E-state index in [0.717, 1.165) is 0 Å². The SMILES string of the molecule is N[C@@H]1CCc2cc(O)c(N3CC(=O)NS3(=O)=O)c(F)c2CC1. The number of aryl methyl sites for hydroxylation is 1. The lowest BCUT2D eigenvalue weighted by Crippen LogP contribution is -2.30. The van der Waals surface area contributed by atoms with E-state index in [1.54, 1.807) is 4.72 Å². The molecule has 1 aliphatic carbocycles. The van der Waals surface area contributed by atoms with Gasteiger partial charge in [0.05, 0.1) is 0 Å². The first kappa shape index (κ1) is 15.0. The summed E-state index contributed by atoms with van der Waals surface area (Å²) in [5.41, 5.74) is 6.38. The molecule has 1 aromatic carbocycles. The standard InChI is InChI=1S/C13H16FN3O4S/c14-12-9-4-3-8(15)2-1-7(9)5-10(18)13(12)17-6-11(19)16-22(17,20)21/h5,8,18H,1-4,6,15H2,(H,16,19)/t8-/m1/s1. The Kier molecular flexibility index (Phi) is 3.48. The molecule has 9 heteroatoms. The number of rotatable bonds is 1. The van der Waals surface area contributed by atoms with Gasteiger partial charge in [-0.2, -0.15) is 8.42 Å². The molecule has 22 heavy (non-hydrogen) atoms. The number of anilines is 1. The topological polar surface area (TPSA) is 113 Å². The molecule has 0 unspecified atom stereocenters. The molecular formula is C13H16FN3O4S. The van der Waals surface area contributed by atoms with E-state index in [9.17, 15) is 22.7 Å². The second-order valence-corrected chi connectivity index (χ2v) is 7.17. The van der Waals surface area contributed by atoms with E-state index >= 15 is 0 Å². The molecule has 0 aromatic heterocycles. The van der Waals surface area contributed by atoms with Crippen LogP contribution in [0, 0.1) is 5.82 Å². The molecule has 1 saturated heterocycles. The first-order valence-corrected chi connectivity index (χ1v) is 8.35. The van der Waals surface area contributed by atoms with Gasteiger partial charge in [-0.1, -0.05) is 0 Å². The highest BCUT2D eigenvalue weighted by Gasteiger charge is 2.38. The molecular weight excluding hydrogens is 313 g/mol. The van der Waals surface area contributed by atoms with Crippen molar-refractivity contribution in [2.75, 3.05) is 10.8 Å². The highest BCUT2D eigenvalue weighted by atomic mass is 32.2. The molecule has 0 bridgehead atoms. The minimum absolute atomic E-state index is 0.0591. The molecule has 0 radical (unpaired) electrons. The highest BCUT2D eigenvalue weighted by molar-refractivity contribution is 7.92. The van der Waals surface area contributed by atoms with Crippen LogP contribution < -0.4 is 14.8 Å². The number of hydrogen-bond acceptors (Lipinski definition) is 5. The summed E-state index contributed by atoms with van der Waals surface area (Å²) in [4.78, 5) is 11.3. The van der Waals surface area contributed by atoms with Crippen molar-refractivity contribution in [1.82, 2.24) is 4.72 Å². The lowest BCUT2D eigenvalue weighted by Gasteiger charge is -2.20. The van der Waals surface area contributed by atoms with Crippen molar-refractivity contribution in [3.8, 4) is 5.75 Å². The van der Waals surface area contributed by atoms with Gasteiger partial charge < -0.3 is 10.8 Å². The number of fused-ring (bicyclic) bond motifs is 1. The number of nitrogens with two attached hydrogens (primary N) is 1. The second kappa shape index (κ2) is 5.10. The first-order valence-electron chi connectivity index (χ1n) is 6.91. The van der Waals surface area contributed by atoms with Gasteiger partial charge in [-0.3, -0.25) is 4.79 Å². The Morgan fingerprint density at radius 3 is 2.68 bits per heavy atom. The summed E-state index contributed by atoms with van der Waals surface area (Å²) in [7, 11) is -4.17. The predicted molar refractivity (Wildman–Crippen MR) is 77.1 cm³/mol. The molecule has 4 N–H and O–H groups in total. The number of phenolic OH excluding ortho intramolecular Hbond substituents is 1. The van der Waals surface area contributed by atoms with Crippen molar-refractivity contribution in [2.24, 2.45) is 5.73 Å². The Hall–Kier alpha value is -1.87. The fourth-order valence-corrected chi connectivity index (χ4v) is 4.07. The minimum atomic E-state index is -4.17. The quantitative estimate of drug-likeness (QED) is 0.624. The fraction of sp³-hybridized carbons (Fsp3) is 0.462. The van der Waals surface area contributed by atoms with Crippen molar-refractivity contribution < 1.29 is 22.7 Å². The van der Waals surface area contributed by atoms with E-state index in [4.69, 9.17) is 5.73 Å². The Morgan fingerprint density at radius 1 is 1.36 bits per heavy atom. The maximum atomic E-state index is 14.8. The molecule has 1 amide bonds. The number of carbonyl (C=O) groups is 1. The Bertz CT molecular complexity index is 750. The average Bonchev–Trinajstić information content (AvgIpc) is 2.57. The highest BCUT2D eigenvalue weighted by Crippen LogP contribution is 2.38. The van der Waals surface area contributed by atoms with Crippen molar-refractivity contribution in [1.29, 1.82) is 0 Å². The summed E-state index contributed by atoms with van der Waals surface area (Å²) in [6, 6.07) is 1.31. The first-order chi connectivity index (χ1) is 10.3. The molecule has 1 fully saturated rings. The van der Waals surface area contributed by atoms with E-state index in [-0.39, 0.29) is 6.04 Å². The number of nitrogens with one attached hydrogen (secondary N) is 1. The van der Waals surface area contributed by atoms with Gasteiger partial charge in [0.1, 0.15) is 18.0 Å². The van der Waals surface area contributed by atoms with Crippen LogP contribution in [0.1, 0.15) is 24.0 Å². The van der Waals surface area contributed by atoms with Crippen molar-refractivity contribution in [3.63, 3.8) is 0 Å². The van der Waals surface area contributed by atoms with Crippen LogP contribution in [-0.2, 0) is 27.8 Å². The van der Waals surface area contributed by atoms with E-state index in [0.29, 0.717) is 41.1 Å². The Labute approximate surface area is 127 Å². The Balaban J connectivity index is 2.13. The monoisotopic (exact) mass is 329 g/mol. The van der Waals surface area contributed by atoms with E-state index in [1.165, 1.54) is 6.07 Å². The minimum Gasteiger partial charge on any atom is -0.506 e. The lowest BCUT2D eigenvalue weighted by atomic mass is 10.0. The molecule has 1 aromatic rings. The van der Waals surface area contributed by atoms with Gasteiger partial charge >= 0.3 is 10.2 Å². The smallest absolute Gasteiger partial charge is 0.326 e. The zero-order valence-corrected chi connectivity index (χ0v) is 12.5. The van der Waals surface area contributed by atoms with Crippen LogP contribution in [-0.4, -0.2) is 32.0 Å². The third kappa shape index (κ3) is 2.40. The van der Waals surface area contributed by atoms with Crippen molar-refractivity contribution >= 4 is 21.8 Å². The van der Waals surface area contributed by atoms with Gasteiger partial charge in [-0.25, -0.2) is 13.4 Å². The summed E-state index contributed by atoms with van der Waals surface area (Å²) in [5, 5.41) is 10.1. The van der Waals surface area contributed by atoms with E-state index in [1.807, 2.05) is 0 Å². The summed E-state index contributed by atoms with van der Waals surface area (Å²) < 4.78 is 40.8. The molecule has 0 saturated carbocycles. The Morgan fingerprint density at radius 2 is 2.05 bits per heavy atom. The molecule has 0 spiro atoms. The number of carbonyl (C=O) groups excluding carboxylic acids is 1. The number of aromatic hydroxyl groups is 1. The van der Waals surface area contributed by atoms with E-state index in [2.05, 4.69) is 0 Å². The van der Waals surface area contributed by atoms with Crippen LogP contribution in [0.25, 0.3) is 0 Å². The third-order valence-corrected chi connectivity index (χ3v) is 5.41. The van der Waals surface area contributed by atoms with Gasteiger partial charge in [-0.15, -0.1) is 0 Å². The zero-order chi connectivity index (χ0) is 16.1. The van der Waals surface area contributed by atoms with Crippen LogP contribution in [0.2, 0.25) is 0 Å². The average molecular weight is 329 g/mol. The molecule has 3 rings (SSSR count). The third-order valence-electron chi connectivity index (χ3n) is 4.03. The predicted octanol–water partition coefficient (Wildman–Crippen LogP) is -0.0816. The number of halogens is 1. The second-order valence-electron chi connectivity index (χ2n) is 5.57. The molecule has 1 heterocycles. The number of amides is 1. The maximum Gasteiger partial charge on any atom is 0.326 e. The van der Waals surface area contributed by atoms with Gasteiger partial charge in [-0.05, 0) is 42.9 Å².